The molecule has 2 aromatic carbocycles. The van der Waals surface area contributed by atoms with Crippen LogP contribution in [0.2, 0.25) is 0 Å². The van der Waals surface area contributed by atoms with Gasteiger partial charge in [-0.25, -0.2) is 0 Å². The Morgan fingerprint density at radius 2 is 1.93 bits per heavy atom. The number of rotatable bonds is 3. The second kappa shape index (κ2) is 7.46. The Bertz CT molecular complexity index is 1000. The molecular weight excluding hydrogens is 348 g/mol. The topological polar surface area (TPSA) is 27.8 Å². The number of nitrogens with one attached hydrogen (secondary N) is 2. The number of aryl methyl sites for hydroxylation is 1. The molecule has 27 heavy (non-hydrogen) atoms. The van der Waals surface area contributed by atoms with Crippen molar-refractivity contribution in [1.29, 1.82) is 0 Å². The lowest BCUT2D eigenvalue weighted by molar-refractivity contribution is 0.452. The van der Waals surface area contributed by atoms with Crippen LogP contribution in [0.15, 0.2) is 48.5 Å². The summed E-state index contributed by atoms with van der Waals surface area (Å²) in [5.41, 5.74) is 6.56. The molecule has 0 unspecified atom stereocenters. The first kappa shape index (κ1) is 18.2. The fraction of sp³-hybridized carbons (Fsp3) is 0.333. The molecule has 0 fully saturated rings. The van der Waals surface area contributed by atoms with Crippen LogP contribution in [0, 0.1) is 11.2 Å². The molecule has 1 heterocycles. The largest absolute Gasteiger partial charge is 0.357 e. The van der Waals surface area contributed by atoms with Gasteiger partial charge in [0.1, 0.15) is 0 Å². The third-order valence-electron chi connectivity index (χ3n) is 5.10. The highest BCUT2D eigenvalue weighted by atomic mass is 32.3. The van der Waals surface area contributed by atoms with Crippen molar-refractivity contribution in [2.75, 3.05) is 18.8 Å². The molecule has 2 N–H and O–H groups in total. The van der Waals surface area contributed by atoms with Crippen molar-refractivity contribution < 1.29 is 0 Å². The Balaban J connectivity index is 1.62. The maximum atomic E-state index is 3.76. The predicted molar refractivity (Wildman–Crippen MR) is 120 cm³/mol. The second-order valence-corrected chi connectivity index (χ2v) is 12.0. The van der Waals surface area contributed by atoms with Gasteiger partial charge in [-0.2, -0.15) is 10.0 Å². The molecule has 1 aliphatic carbocycles. The van der Waals surface area contributed by atoms with Crippen LogP contribution in [-0.4, -0.2) is 23.8 Å². The standard InChI is InChI=1S/C24H28N2S/c1-27(2,3)15-14-18-12-13-22-21(16-18)20-10-7-11-23(24(20)26-22)25-17-19-8-5-4-6-9-19/h4-6,8-9,12-13,16,23,25-26H,7,10-11,17H2,1-3H3/t23-/m1/s1. The molecule has 0 radical (unpaired) electrons. The van der Waals surface area contributed by atoms with Crippen LogP contribution >= 0.6 is 10.0 Å². The molecule has 2 nitrogen and oxygen atoms in total. The highest BCUT2D eigenvalue weighted by Gasteiger charge is 2.23. The zero-order valence-electron chi connectivity index (χ0n) is 16.4. The van der Waals surface area contributed by atoms with Crippen LogP contribution in [0.3, 0.4) is 0 Å². The normalized spacial score (nSPS) is 17.2. The molecule has 1 aromatic heterocycles. The molecule has 1 atom stereocenters. The second-order valence-electron chi connectivity index (χ2n) is 8.15. The van der Waals surface area contributed by atoms with E-state index in [1.807, 2.05) is 0 Å². The molecule has 0 amide bonds. The van der Waals surface area contributed by atoms with E-state index < -0.39 is 10.0 Å². The molecule has 4 rings (SSSR count). The van der Waals surface area contributed by atoms with E-state index in [9.17, 15) is 0 Å². The zero-order chi connectivity index (χ0) is 18.9. The van der Waals surface area contributed by atoms with Gasteiger partial charge in [0, 0.05) is 34.7 Å². The Morgan fingerprint density at radius 3 is 2.70 bits per heavy atom. The maximum Gasteiger partial charge on any atom is 0.0478 e. The van der Waals surface area contributed by atoms with Gasteiger partial charge in [0.2, 0.25) is 0 Å². The van der Waals surface area contributed by atoms with E-state index in [2.05, 4.69) is 88.8 Å². The van der Waals surface area contributed by atoms with Crippen LogP contribution in [-0.2, 0) is 13.0 Å². The van der Waals surface area contributed by atoms with E-state index in [4.69, 9.17) is 0 Å². The minimum Gasteiger partial charge on any atom is -0.357 e. The minimum atomic E-state index is -0.801. The number of hydrogen-bond donors (Lipinski definition) is 2. The average Bonchev–Trinajstić information content (AvgIpc) is 3.03. The molecule has 140 valence electrons. The van der Waals surface area contributed by atoms with Crippen molar-refractivity contribution in [2.45, 2.75) is 31.8 Å². The average molecular weight is 377 g/mol. The van der Waals surface area contributed by atoms with Gasteiger partial charge in [-0.05, 0) is 72.6 Å². The highest BCUT2D eigenvalue weighted by Crippen LogP contribution is 2.36. The van der Waals surface area contributed by atoms with E-state index in [0.717, 1.165) is 18.5 Å². The number of H-pyrrole nitrogens is 1. The summed E-state index contributed by atoms with van der Waals surface area (Å²) in [6.07, 6.45) is 10.3. The first-order valence-electron chi connectivity index (χ1n) is 9.62. The first-order chi connectivity index (χ1) is 13.0. The molecule has 0 saturated heterocycles. The van der Waals surface area contributed by atoms with Gasteiger partial charge in [0.05, 0.1) is 0 Å². The molecule has 0 spiro atoms. The lowest BCUT2D eigenvalue weighted by Gasteiger charge is -2.24. The van der Waals surface area contributed by atoms with E-state index in [0.29, 0.717) is 6.04 Å². The summed E-state index contributed by atoms with van der Waals surface area (Å²) in [7, 11) is -0.801. The van der Waals surface area contributed by atoms with Crippen molar-refractivity contribution in [2.24, 2.45) is 0 Å². The number of hydrogen-bond acceptors (Lipinski definition) is 1. The van der Waals surface area contributed by atoms with Gasteiger partial charge in [0.25, 0.3) is 0 Å². The molecule has 3 aromatic rings. The van der Waals surface area contributed by atoms with E-state index in [1.54, 1.807) is 0 Å². The number of benzene rings is 2. The summed E-state index contributed by atoms with van der Waals surface area (Å²) >= 11 is 0. The monoisotopic (exact) mass is 376 g/mol. The molecular formula is C24H28N2S. The van der Waals surface area contributed by atoms with Crippen molar-refractivity contribution in [3.8, 4) is 11.2 Å². The maximum absolute atomic E-state index is 3.76. The third-order valence-corrected chi connectivity index (χ3v) is 5.82. The SMILES string of the molecule is CS(C)(C)C#Cc1ccc2[nH]c3c(c2c1)CCC[C@H]3NCc1ccccc1. The third kappa shape index (κ3) is 4.24. The van der Waals surface area contributed by atoms with Gasteiger partial charge in [0.15, 0.2) is 0 Å². The summed E-state index contributed by atoms with van der Waals surface area (Å²) in [4.78, 5) is 3.70. The highest BCUT2D eigenvalue weighted by molar-refractivity contribution is 8.35. The smallest absolute Gasteiger partial charge is 0.0478 e. The lowest BCUT2D eigenvalue weighted by Crippen LogP contribution is -2.24. The Morgan fingerprint density at radius 1 is 1.11 bits per heavy atom. The van der Waals surface area contributed by atoms with Gasteiger partial charge in [-0.3, -0.25) is 0 Å². The minimum absolute atomic E-state index is 0.398. The van der Waals surface area contributed by atoms with E-state index in [1.165, 1.54) is 40.6 Å². The summed E-state index contributed by atoms with van der Waals surface area (Å²) < 4.78 is 0. The van der Waals surface area contributed by atoms with Crippen LogP contribution in [0.4, 0.5) is 0 Å². The Hall–Kier alpha value is -2.15. The summed E-state index contributed by atoms with van der Waals surface area (Å²) in [6, 6.07) is 17.7. The molecule has 3 heteroatoms. The summed E-state index contributed by atoms with van der Waals surface area (Å²) in [5, 5.41) is 8.55. The predicted octanol–water partition coefficient (Wildman–Crippen LogP) is 5.34. The van der Waals surface area contributed by atoms with Gasteiger partial charge in [-0.1, -0.05) is 36.3 Å². The molecule has 1 aliphatic rings. The molecule has 0 aliphatic heterocycles. The van der Waals surface area contributed by atoms with Crippen LogP contribution in [0.1, 0.15) is 41.3 Å². The fourth-order valence-electron chi connectivity index (χ4n) is 3.79. The lowest BCUT2D eigenvalue weighted by atomic mass is 9.91. The van der Waals surface area contributed by atoms with Crippen LogP contribution < -0.4 is 5.32 Å². The van der Waals surface area contributed by atoms with Crippen molar-refractivity contribution in [1.82, 2.24) is 10.3 Å². The summed E-state index contributed by atoms with van der Waals surface area (Å²) in [6.45, 7) is 0.908. The van der Waals surface area contributed by atoms with Gasteiger partial charge in [-0.15, -0.1) is 0 Å². The number of fused-ring (bicyclic) bond motifs is 3. The van der Waals surface area contributed by atoms with E-state index >= 15 is 0 Å². The van der Waals surface area contributed by atoms with E-state index in [-0.39, 0.29) is 0 Å². The number of aromatic nitrogens is 1. The quantitative estimate of drug-likeness (QED) is 0.594. The van der Waals surface area contributed by atoms with Crippen molar-refractivity contribution >= 4 is 20.9 Å². The Kier molecular flexibility index (Phi) is 5.04. The summed E-state index contributed by atoms with van der Waals surface area (Å²) in [5.74, 6) is 3.39. The first-order valence-corrected chi connectivity index (χ1v) is 12.5. The van der Waals surface area contributed by atoms with Crippen molar-refractivity contribution in [3.63, 3.8) is 0 Å². The van der Waals surface area contributed by atoms with Crippen molar-refractivity contribution in [3.05, 3.63) is 70.9 Å². The molecule has 0 saturated carbocycles. The van der Waals surface area contributed by atoms with Crippen LogP contribution in [0.5, 0.6) is 0 Å². The Labute approximate surface area is 164 Å². The van der Waals surface area contributed by atoms with Gasteiger partial charge < -0.3 is 10.3 Å². The molecule has 0 bridgehead atoms. The zero-order valence-corrected chi connectivity index (χ0v) is 17.2. The van der Waals surface area contributed by atoms with Crippen LogP contribution in [0.25, 0.3) is 10.9 Å². The van der Waals surface area contributed by atoms with Gasteiger partial charge >= 0.3 is 0 Å². The fourth-order valence-corrected chi connectivity index (χ4v) is 4.22. The number of aromatic amines is 1.